The van der Waals surface area contributed by atoms with Crippen molar-refractivity contribution in [2.24, 2.45) is 0 Å². The number of hydrogen-bond acceptors (Lipinski definition) is 4. The molecule has 0 bridgehead atoms. The SMILES string of the molecule is O=C(CN(Cc1cccs1)CC1CCCO1)N1CCc2ccccc2C1. The van der Waals surface area contributed by atoms with E-state index in [9.17, 15) is 4.79 Å². The molecule has 0 spiro atoms. The van der Waals surface area contributed by atoms with Crippen LogP contribution in [0, 0.1) is 0 Å². The summed E-state index contributed by atoms with van der Waals surface area (Å²) in [5, 5.41) is 2.10. The summed E-state index contributed by atoms with van der Waals surface area (Å²) in [4.78, 5) is 18.6. The zero-order valence-electron chi connectivity index (χ0n) is 15.1. The molecule has 4 nitrogen and oxygen atoms in total. The van der Waals surface area contributed by atoms with Crippen molar-refractivity contribution in [3.63, 3.8) is 0 Å². The number of carbonyl (C=O) groups excluding carboxylic acids is 1. The van der Waals surface area contributed by atoms with E-state index in [0.29, 0.717) is 6.54 Å². The average Bonchev–Trinajstić information content (AvgIpc) is 3.35. The predicted molar refractivity (Wildman–Crippen MR) is 104 cm³/mol. The lowest BCUT2D eigenvalue weighted by molar-refractivity contribution is -0.133. The van der Waals surface area contributed by atoms with Gasteiger partial charge in [0.1, 0.15) is 0 Å². The van der Waals surface area contributed by atoms with Crippen LogP contribution in [0.3, 0.4) is 0 Å². The van der Waals surface area contributed by atoms with E-state index in [1.54, 1.807) is 11.3 Å². The summed E-state index contributed by atoms with van der Waals surface area (Å²) >= 11 is 1.76. The largest absolute Gasteiger partial charge is 0.377 e. The Kier molecular flexibility index (Phi) is 5.68. The first-order chi connectivity index (χ1) is 12.8. The molecule has 0 radical (unpaired) electrons. The van der Waals surface area contributed by atoms with Crippen LogP contribution < -0.4 is 0 Å². The van der Waals surface area contributed by atoms with Gasteiger partial charge in [-0.3, -0.25) is 9.69 Å². The Bertz CT molecular complexity index is 725. The van der Waals surface area contributed by atoms with Gasteiger partial charge in [-0.15, -0.1) is 11.3 Å². The van der Waals surface area contributed by atoms with Crippen LogP contribution >= 0.6 is 11.3 Å². The molecular formula is C21H26N2O2S. The van der Waals surface area contributed by atoms with E-state index in [0.717, 1.165) is 52.0 Å². The molecule has 26 heavy (non-hydrogen) atoms. The molecule has 5 heteroatoms. The Hall–Kier alpha value is -1.69. The molecule has 1 amide bonds. The molecular weight excluding hydrogens is 344 g/mol. The highest BCUT2D eigenvalue weighted by atomic mass is 32.1. The second-order valence-electron chi connectivity index (χ2n) is 7.22. The van der Waals surface area contributed by atoms with Gasteiger partial charge >= 0.3 is 0 Å². The van der Waals surface area contributed by atoms with E-state index in [2.05, 4.69) is 46.7 Å². The molecule has 1 unspecified atom stereocenters. The number of amides is 1. The van der Waals surface area contributed by atoms with E-state index in [4.69, 9.17) is 4.74 Å². The van der Waals surface area contributed by atoms with Gasteiger partial charge < -0.3 is 9.64 Å². The maximum absolute atomic E-state index is 13.0. The molecule has 2 aliphatic rings. The summed E-state index contributed by atoms with van der Waals surface area (Å²) in [5.41, 5.74) is 2.67. The van der Waals surface area contributed by atoms with E-state index >= 15 is 0 Å². The summed E-state index contributed by atoms with van der Waals surface area (Å²) in [6.45, 7) is 4.56. The van der Waals surface area contributed by atoms with E-state index < -0.39 is 0 Å². The van der Waals surface area contributed by atoms with Crippen molar-refractivity contribution < 1.29 is 9.53 Å². The summed E-state index contributed by atoms with van der Waals surface area (Å²) in [6, 6.07) is 12.7. The highest BCUT2D eigenvalue weighted by molar-refractivity contribution is 7.09. The molecule has 0 saturated carbocycles. The number of hydrogen-bond donors (Lipinski definition) is 0. The first kappa shape index (κ1) is 17.7. The predicted octanol–water partition coefficient (Wildman–Crippen LogP) is 3.31. The summed E-state index contributed by atoms with van der Waals surface area (Å²) in [7, 11) is 0. The summed E-state index contributed by atoms with van der Waals surface area (Å²) < 4.78 is 5.81. The molecule has 2 aromatic rings. The van der Waals surface area contributed by atoms with Gasteiger partial charge in [0.05, 0.1) is 12.6 Å². The van der Waals surface area contributed by atoms with Gasteiger partial charge in [-0.25, -0.2) is 0 Å². The van der Waals surface area contributed by atoms with E-state index in [-0.39, 0.29) is 12.0 Å². The maximum Gasteiger partial charge on any atom is 0.237 e. The van der Waals surface area contributed by atoms with Crippen molar-refractivity contribution in [1.82, 2.24) is 9.80 Å². The monoisotopic (exact) mass is 370 g/mol. The van der Waals surface area contributed by atoms with Crippen LogP contribution in [0.2, 0.25) is 0 Å². The van der Waals surface area contributed by atoms with Crippen molar-refractivity contribution >= 4 is 17.2 Å². The molecule has 1 aromatic carbocycles. The molecule has 0 aliphatic carbocycles. The Balaban J connectivity index is 1.40. The van der Waals surface area contributed by atoms with Gasteiger partial charge in [-0.05, 0) is 41.8 Å². The van der Waals surface area contributed by atoms with Crippen LogP contribution in [-0.4, -0.2) is 48.1 Å². The standard InChI is InChI=1S/C21H26N2O2S/c24-21(23-10-9-17-5-1-2-6-18(17)13-23)16-22(14-19-7-3-11-25-19)15-20-8-4-12-26-20/h1-2,4-6,8,12,19H,3,7,9-11,13-16H2. The Morgan fingerprint density at radius 2 is 2.12 bits per heavy atom. The van der Waals surface area contributed by atoms with Crippen LogP contribution in [0.15, 0.2) is 41.8 Å². The van der Waals surface area contributed by atoms with Crippen LogP contribution in [-0.2, 0) is 29.0 Å². The Morgan fingerprint density at radius 1 is 1.23 bits per heavy atom. The van der Waals surface area contributed by atoms with Gasteiger partial charge in [-0.1, -0.05) is 30.3 Å². The highest BCUT2D eigenvalue weighted by Gasteiger charge is 2.25. The number of benzene rings is 1. The summed E-state index contributed by atoms with van der Waals surface area (Å²) in [6.07, 6.45) is 3.46. The molecule has 1 saturated heterocycles. The van der Waals surface area contributed by atoms with Crippen LogP contribution in [0.1, 0.15) is 28.8 Å². The van der Waals surface area contributed by atoms with Crippen LogP contribution in [0.4, 0.5) is 0 Å². The van der Waals surface area contributed by atoms with Gasteiger partial charge in [-0.2, -0.15) is 0 Å². The summed E-state index contributed by atoms with van der Waals surface area (Å²) in [5.74, 6) is 0.231. The number of carbonyl (C=O) groups is 1. The lowest BCUT2D eigenvalue weighted by atomic mass is 10.00. The van der Waals surface area contributed by atoms with Crippen LogP contribution in [0.5, 0.6) is 0 Å². The normalized spacial score (nSPS) is 19.7. The molecule has 0 N–H and O–H groups in total. The molecule has 1 aromatic heterocycles. The third kappa shape index (κ3) is 4.34. The average molecular weight is 371 g/mol. The first-order valence-electron chi connectivity index (χ1n) is 9.49. The van der Waals surface area contributed by atoms with Crippen molar-refractivity contribution in [2.45, 2.75) is 38.5 Å². The minimum atomic E-state index is 0.231. The second-order valence-corrected chi connectivity index (χ2v) is 8.25. The topological polar surface area (TPSA) is 32.8 Å². The van der Waals surface area contributed by atoms with Crippen molar-refractivity contribution in [3.05, 3.63) is 57.8 Å². The molecule has 4 rings (SSSR count). The first-order valence-corrected chi connectivity index (χ1v) is 10.4. The highest BCUT2D eigenvalue weighted by Crippen LogP contribution is 2.20. The Labute approximate surface area is 159 Å². The molecule has 1 fully saturated rings. The smallest absolute Gasteiger partial charge is 0.237 e. The number of thiophene rings is 1. The molecule has 138 valence electrons. The van der Waals surface area contributed by atoms with Gasteiger partial charge in [0.2, 0.25) is 5.91 Å². The third-order valence-electron chi connectivity index (χ3n) is 5.29. The minimum absolute atomic E-state index is 0.231. The Morgan fingerprint density at radius 3 is 2.88 bits per heavy atom. The fraction of sp³-hybridized carbons (Fsp3) is 0.476. The van der Waals surface area contributed by atoms with Crippen molar-refractivity contribution in [3.8, 4) is 0 Å². The molecule has 1 atom stereocenters. The third-order valence-corrected chi connectivity index (χ3v) is 6.15. The van der Waals surface area contributed by atoms with E-state index in [1.165, 1.54) is 16.0 Å². The number of nitrogens with zero attached hydrogens (tertiary/aromatic N) is 2. The van der Waals surface area contributed by atoms with Gasteiger partial charge in [0, 0.05) is 37.7 Å². The fourth-order valence-electron chi connectivity index (χ4n) is 3.88. The second kappa shape index (κ2) is 8.33. The van der Waals surface area contributed by atoms with Crippen molar-refractivity contribution in [1.29, 1.82) is 0 Å². The number of fused-ring (bicyclic) bond motifs is 1. The zero-order chi connectivity index (χ0) is 17.8. The van der Waals surface area contributed by atoms with E-state index in [1.807, 2.05) is 4.90 Å². The maximum atomic E-state index is 13.0. The minimum Gasteiger partial charge on any atom is -0.377 e. The lowest BCUT2D eigenvalue weighted by Crippen LogP contribution is -2.44. The number of rotatable bonds is 6. The van der Waals surface area contributed by atoms with Crippen molar-refractivity contribution in [2.75, 3.05) is 26.2 Å². The van der Waals surface area contributed by atoms with Gasteiger partial charge in [0.15, 0.2) is 0 Å². The number of ether oxygens (including phenoxy) is 1. The van der Waals surface area contributed by atoms with Gasteiger partial charge in [0.25, 0.3) is 0 Å². The van der Waals surface area contributed by atoms with Crippen LogP contribution in [0.25, 0.3) is 0 Å². The zero-order valence-corrected chi connectivity index (χ0v) is 15.9. The quantitative estimate of drug-likeness (QED) is 0.782. The lowest BCUT2D eigenvalue weighted by Gasteiger charge is -2.32. The molecule has 3 heterocycles. The molecule has 2 aliphatic heterocycles. The fourth-order valence-corrected chi connectivity index (χ4v) is 4.63.